The lowest BCUT2D eigenvalue weighted by Gasteiger charge is -2.28. The van der Waals surface area contributed by atoms with Crippen LogP contribution in [0.3, 0.4) is 0 Å². The molecule has 1 aliphatic rings. The number of rotatable bonds is 3. The maximum atomic E-state index is 5.95. The molecule has 0 aliphatic carbocycles. The third-order valence-corrected chi connectivity index (χ3v) is 5.49. The maximum Gasteiger partial charge on any atom is 0.0457 e. The maximum absolute atomic E-state index is 5.95. The standard InChI is InChI=1S/C22H23ClN2/c1-25-12-10-18(11-13-25)21-15-24-22-9-6-17(14-20(21)22)3-2-16-4-7-19(23)8-5-16/h2-9,14-15,18,24H,10-13H2,1H3. The number of H-pyrrole nitrogens is 1. The van der Waals surface area contributed by atoms with Crippen LogP contribution in [0, 0.1) is 0 Å². The highest BCUT2D eigenvalue weighted by atomic mass is 35.5. The second-order valence-electron chi connectivity index (χ2n) is 7.01. The van der Waals surface area contributed by atoms with Crippen molar-refractivity contribution >= 4 is 34.7 Å². The molecule has 4 rings (SSSR count). The monoisotopic (exact) mass is 350 g/mol. The third-order valence-electron chi connectivity index (χ3n) is 5.23. The molecule has 1 aromatic heterocycles. The van der Waals surface area contributed by atoms with E-state index in [4.69, 9.17) is 11.6 Å². The minimum atomic E-state index is 0.667. The van der Waals surface area contributed by atoms with Gasteiger partial charge < -0.3 is 9.88 Å². The van der Waals surface area contributed by atoms with Gasteiger partial charge in [0.15, 0.2) is 0 Å². The van der Waals surface area contributed by atoms with Gasteiger partial charge in [-0.3, -0.25) is 0 Å². The Labute approximate surface area is 154 Å². The number of likely N-dealkylation sites (tertiary alicyclic amines) is 1. The molecule has 1 N–H and O–H groups in total. The fourth-order valence-corrected chi connectivity index (χ4v) is 3.81. The molecule has 128 valence electrons. The Balaban J connectivity index is 1.60. The van der Waals surface area contributed by atoms with Crippen LogP contribution in [-0.4, -0.2) is 30.0 Å². The van der Waals surface area contributed by atoms with Crippen molar-refractivity contribution in [1.29, 1.82) is 0 Å². The van der Waals surface area contributed by atoms with Crippen molar-refractivity contribution in [2.45, 2.75) is 18.8 Å². The molecule has 1 fully saturated rings. The first-order chi connectivity index (χ1) is 12.2. The molecular weight excluding hydrogens is 328 g/mol. The van der Waals surface area contributed by atoms with Gasteiger partial charge in [0.2, 0.25) is 0 Å². The van der Waals surface area contributed by atoms with Crippen molar-refractivity contribution in [3.05, 3.63) is 70.4 Å². The highest BCUT2D eigenvalue weighted by molar-refractivity contribution is 6.30. The quantitative estimate of drug-likeness (QED) is 0.591. The van der Waals surface area contributed by atoms with Crippen molar-refractivity contribution in [3.63, 3.8) is 0 Å². The molecule has 25 heavy (non-hydrogen) atoms. The van der Waals surface area contributed by atoms with E-state index in [-0.39, 0.29) is 0 Å². The molecule has 0 amide bonds. The fourth-order valence-electron chi connectivity index (χ4n) is 3.69. The molecule has 2 aromatic carbocycles. The van der Waals surface area contributed by atoms with Crippen LogP contribution in [0.4, 0.5) is 0 Å². The van der Waals surface area contributed by atoms with Crippen LogP contribution in [0.25, 0.3) is 23.1 Å². The van der Waals surface area contributed by atoms with Crippen molar-refractivity contribution in [1.82, 2.24) is 9.88 Å². The van der Waals surface area contributed by atoms with Crippen molar-refractivity contribution < 1.29 is 0 Å². The minimum absolute atomic E-state index is 0.667. The number of nitrogens with one attached hydrogen (secondary N) is 1. The smallest absolute Gasteiger partial charge is 0.0457 e. The molecule has 1 saturated heterocycles. The van der Waals surface area contributed by atoms with Gasteiger partial charge in [0, 0.05) is 22.1 Å². The molecule has 2 heterocycles. The summed E-state index contributed by atoms with van der Waals surface area (Å²) in [6.45, 7) is 2.38. The molecule has 0 bridgehead atoms. The van der Waals surface area contributed by atoms with E-state index in [0.717, 1.165) is 10.6 Å². The number of fused-ring (bicyclic) bond motifs is 1. The van der Waals surface area contributed by atoms with Gasteiger partial charge in [-0.1, -0.05) is 42.0 Å². The summed E-state index contributed by atoms with van der Waals surface area (Å²) < 4.78 is 0. The predicted molar refractivity (Wildman–Crippen MR) is 108 cm³/mol. The van der Waals surface area contributed by atoms with E-state index in [2.05, 4.69) is 53.5 Å². The Bertz CT molecular complexity index is 884. The zero-order chi connectivity index (χ0) is 17.2. The van der Waals surface area contributed by atoms with Crippen molar-refractivity contribution in [2.75, 3.05) is 20.1 Å². The minimum Gasteiger partial charge on any atom is -0.361 e. The number of hydrogen-bond donors (Lipinski definition) is 1. The summed E-state index contributed by atoms with van der Waals surface area (Å²) in [5, 5.41) is 2.14. The van der Waals surface area contributed by atoms with Crippen LogP contribution < -0.4 is 0 Å². The summed E-state index contributed by atoms with van der Waals surface area (Å²) in [6, 6.07) is 14.6. The lowest BCUT2D eigenvalue weighted by Crippen LogP contribution is -2.29. The largest absolute Gasteiger partial charge is 0.361 e. The molecule has 0 radical (unpaired) electrons. The zero-order valence-electron chi connectivity index (χ0n) is 14.5. The average molecular weight is 351 g/mol. The van der Waals surface area contributed by atoms with Crippen molar-refractivity contribution in [2.24, 2.45) is 0 Å². The van der Waals surface area contributed by atoms with Gasteiger partial charge >= 0.3 is 0 Å². The van der Waals surface area contributed by atoms with Crippen LogP contribution in [-0.2, 0) is 0 Å². The number of aromatic amines is 1. The van der Waals surface area contributed by atoms with E-state index in [1.807, 2.05) is 24.3 Å². The Kier molecular flexibility index (Phi) is 4.65. The molecule has 2 nitrogen and oxygen atoms in total. The van der Waals surface area contributed by atoms with Crippen LogP contribution in [0.5, 0.6) is 0 Å². The van der Waals surface area contributed by atoms with E-state index in [1.54, 1.807) is 0 Å². The third kappa shape index (κ3) is 3.65. The summed E-state index contributed by atoms with van der Waals surface area (Å²) in [4.78, 5) is 5.87. The van der Waals surface area contributed by atoms with Crippen LogP contribution >= 0.6 is 11.6 Å². The van der Waals surface area contributed by atoms with Crippen LogP contribution in [0.15, 0.2) is 48.7 Å². The van der Waals surface area contributed by atoms with Crippen LogP contribution in [0.2, 0.25) is 5.02 Å². The van der Waals surface area contributed by atoms with E-state index in [1.165, 1.54) is 48.0 Å². The Morgan fingerprint density at radius 1 is 1.00 bits per heavy atom. The highest BCUT2D eigenvalue weighted by Crippen LogP contribution is 2.33. The molecule has 3 aromatic rings. The summed E-state index contributed by atoms with van der Waals surface area (Å²) in [7, 11) is 2.21. The van der Waals surface area contributed by atoms with Gasteiger partial charge in [0.25, 0.3) is 0 Å². The van der Waals surface area contributed by atoms with Gasteiger partial charge in [-0.15, -0.1) is 0 Å². The molecular formula is C22H23ClN2. The first-order valence-corrected chi connectivity index (χ1v) is 9.30. The second-order valence-corrected chi connectivity index (χ2v) is 7.45. The molecule has 0 atom stereocenters. The number of piperidine rings is 1. The molecule has 0 spiro atoms. The molecule has 0 saturated carbocycles. The normalized spacial score (nSPS) is 16.9. The summed E-state index contributed by atoms with van der Waals surface area (Å²) in [6.07, 6.45) is 9.02. The summed E-state index contributed by atoms with van der Waals surface area (Å²) in [5.74, 6) is 0.667. The SMILES string of the molecule is CN1CCC(c2c[nH]c3ccc(C=Cc4ccc(Cl)cc4)cc23)CC1. The fraction of sp³-hybridized carbons (Fsp3) is 0.273. The van der Waals surface area contributed by atoms with E-state index in [0.29, 0.717) is 5.92 Å². The zero-order valence-corrected chi connectivity index (χ0v) is 15.3. The number of hydrogen-bond acceptors (Lipinski definition) is 1. The van der Waals surface area contributed by atoms with Gasteiger partial charge in [0.1, 0.15) is 0 Å². The van der Waals surface area contributed by atoms with Gasteiger partial charge in [0.05, 0.1) is 0 Å². The number of halogens is 1. The summed E-state index contributed by atoms with van der Waals surface area (Å²) >= 11 is 5.95. The Hall–Kier alpha value is -2.03. The lowest BCUT2D eigenvalue weighted by atomic mass is 9.89. The van der Waals surface area contributed by atoms with Crippen LogP contribution in [0.1, 0.15) is 35.4 Å². The number of aromatic nitrogens is 1. The van der Waals surface area contributed by atoms with E-state index in [9.17, 15) is 0 Å². The second kappa shape index (κ2) is 7.07. The average Bonchev–Trinajstić information content (AvgIpc) is 3.05. The number of benzene rings is 2. The molecule has 3 heteroatoms. The highest BCUT2D eigenvalue weighted by Gasteiger charge is 2.20. The van der Waals surface area contributed by atoms with E-state index >= 15 is 0 Å². The summed E-state index contributed by atoms with van der Waals surface area (Å²) in [5.41, 5.74) is 5.10. The molecule has 0 unspecified atom stereocenters. The van der Waals surface area contributed by atoms with Gasteiger partial charge in [-0.25, -0.2) is 0 Å². The Morgan fingerprint density at radius 2 is 1.68 bits per heavy atom. The van der Waals surface area contributed by atoms with Gasteiger partial charge in [-0.05, 0) is 79.9 Å². The van der Waals surface area contributed by atoms with Crippen molar-refractivity contribution in [3.8, 4) is 0 Å². The molecule has 1 aliphatic heterocycles. The Morgan fingerprint density at radius 3 is 2.44 bits per heavy atom. The number of nitrogens with zero attached hydrogens (tertiary/aromatic N) is 1. The first-order valence-electron chi connectivity index (χ1n) is 8.92. The lowest BCUT2D eigenvalue weighted by molar-refractivity contribution is 0.256. The topological polar surface area (TPSA) is 19.0 Å². The predicted octanol–water partition coefficient (Wildman–Crippen LogP) is 5.80. The first kappa shape index (κ1) is 16.4. The van der Waals surface area contributed by atoms with Gasteiger partial charge in [-0.2, -0.15) is 0 Å². The van der Waals surface area contributed by atoms with E-state index < -0.39 is 0 Å².